The highest BCUT2D eigenvalue weighted by Crippen LogP contribution is 2.26. The molecule has 0 saturated carbocycles. The van der Waals surface area contributed by atoms with E-state index in [-0.39, 0.29) is 23.7 Å². The second kappa shape index (κ2) is 7.29. The van der Waals surface area contributed by atoms with Crippen LogP contribution in [-0.2, 0) is 0 Å². The Bertz CT molecular complexity index is 775. The number of carbonyl (C=O) groups is 2. The van der Waals surface area contributed by atoms with Crippen molar-refractivity contribution < 1.29 is 9.59 Å². The average Bonchev–Trinajstić information content (AvgIpc) is 2.62. The van der Waals surface area contributed by atoms with E-state index < -0.39 is 0 Å². The molecule has 2 heterocycles. The number of aromatic nitrogens is 2. The SMILES string of the molecule is CC(=O)c1ccc(NC(=O)N2CCC[C@@H](c3ccnc(N)n3)C2)cc1. The van der Waals surface area contributed by atoms with Gasteiger partial charge in [-0.25, -0.2) is 14.8 Å². The summed E-state index contributed by atoms with van der Waals surface area (Å²) in [6, 6.07) is 8.59. The molecule has 1 aromatic heterocycles. The van der Waals surface area contributed by atoms with E-state index in [1.54, 1.807) is 35.4 Å². The Kier molecular flexibility index (Phi) is 4.92. The van der Waals surface area contributed by atoms with Gasteiger partial charge >= 0.3 is 6.03 Å². The van der Waals surface area contributed by atoms with Crippen molar-refractivity contribution in [3.63, 3.8) is 0 Å². The van der Waals surface area contributed by atoms with Crippen molar-refractivity contribution in [3.8, 4) is 0 Å². The molecule has 1 aliphatic rings. The highest BCUT2D eigenvalue weighted by atomic mass is 16.2. The molecule has 25 heavy (non-hydrogen) atoms. The number of urea groups is 1. The number of likely N-dealkylation sites (tertiary alicyclic amines) is 1. The van der Waals surface area contributed by atoms with Crippen LogP contribution in [0.2, 0.25) is 0 Å². The van der Waals surface area contributed by atoms with Crippen LogP contribution in [0, 0.1) is 0 Å². The van der Waals surface area contributed by atoms with E-state index in [9.17, 15) is 9.59 Å². The minimum Gasteiger partial charge on any atom is -0.368 e. The summed E-state index contributed by atoms with van der Waals surface area (Å²) < 4.78 is 0. The number of ketones is 1. The van der Waals surface area contributed by atoms with E-state index in [2.05, 4.69) is 15.3 Å². The van der Waals surface area contributed by atoms with Gasteiger partial charge in [-0.2, -0.15) is 0 Å². The first-order valence-electron chi connectivity index (χ1n) is 8.28. The van der Waals surface area contributed by atoms with Crippen LogP contribution in [0.15, 0.2) is 36.5 Å². The number of carbonyl (C=O) groups excluding carboxylic acids is 2. The Morgan fingerprint density at radius 1 is 1.24 bits per heavy atom. The fraction of sp³-hybridized carbons (Fsp3) is 0.333. The Morgan fingerprint density at radius 2 is 2.00 bits per heavy atom. The maximum Gasteiger partial charge on any atom is 0.321 e. The van der Waals surface area contributed by atoms with Crippen molar-refractivity contribution in [2.75, 3.05) is 24.1 Å². The summed E-state index contributed by atoms with van der Waals surface area (Å²) in [7, 11) is 0. The highest BCUT2D eigenvalue weighted by molar-refractivity contribution is 5.95. The van der Waals surface area contributed by atoms with E-state index in [0.717, 1.165) is 18.5 Å². The summed E-state index contributed by atoms with van der Waals surface area (Å²) in [5.74, 6) is 0.412. The van der Waals surface area contributed by atoms with Gasteiger partial charge in [0, 0.05) is 36.5 Å². The van der Waals surface area contributed by atoms with Gasteiger partial charge in [-0.05, 0) is 50.1 Å². The lowest BCUT2D eigenvalue weighted by molar-refractivity contribution is 0.101. The molecule has 1 fully saturated rings. The fourth-order valence-corrected chi connectivity index (χ4v) is 3.01. The number of nitrogens with two attached hydrogens (primary N) is 1. The van der Waals surface area contributed by atoms with Crippen LogP contribution < -0.4 is 11.1 Å². The topological polar surface area (TPSA) is 101 Å². The average molecular weight is 339 g/mol. The normalized spacial score (nSPS) is 17.2. The van der Waals surface area contributed by atoms with Crippen LogP contribution in [0.5, 0.6) is 0 Å². The summed E-state index contributed by atoms with van der Waals surface area (Å²) in [6.45, 7) is 2.81. The van der Waals surface area contributed by atoms with Crippen molar-refractivity contribution in [2.24, 2.45) is 0 Å². The summed E-state index contributed by atoms with van der Waals surface area (Å²) in [5.41, 5.74) is 7.82. The number of rotatable bonds is 3. The lowest BCUT2D eigenvalue weighted by Gasteiger charge is -2.32. The number of Topliss-reactive ketones (excluding diaryl/α,β-unsaturated/α-hetero) is 1. The zero-order valence-corrected chi connectivity index (χ0v) is 14.1. The molecule has 0 spiro atoms. The van der Waals surface area contributed by atoms with Crippen molar-refractivity contribution >= 4 is 23.5 Å². The second-order valence-electron chi connectivity index (χ2n) is 6.19. The van der Waals surface area contributed by atoms with Gasteiger partial charge in [0.2, 0.25) is 5.95 Å². The molecule has 0 aliphatic carbocycles. The van der Waals surface area contributed by atoms with Crippen LogP contribution in [0.25, 0.3) is 0 Å². The molecule has 3 N–H and O–H groups in total. The number of piperidine rings is 1. The number of nitrogen functional groups attached to an aromatic ring is 1. The van der Waals surface area contributed by atoms with Crippen LogP contribution in [0.3, 0.4) is 0 Å². The summed E-state index contributed by atoms with van der Waals surface area (Å²) in [4.78, 5) is 33.8. The Balaban J connectivity index is 1.64. The predicted molar refractivity (Wildman–Crippen MR) is 95.5 cm³/mol. The molecule has 2 aromatic rings. The molecule has 1 saturated heterocycles. The fourth-order valence-electron chi connectivity index (χ4n) is 3.01. The smallest absolute Gasteiger partial charge is 0.321 e. The number of amides is 2. The van der Waals surface area contributed by atoms with Gasteiger partial charge in [-0.3, -0.25) is 4.79 Å². The van der Waals surface area contributed by atoms with E-state index in [4.69, 9.17) is 5.73 Å². The monoisotopic (exact) mass is 339 g/mol. The van der Waals surface area contributed by atoms with Crippen molar-refractivity contribution in [1.29, 1.82) is 0 Å². The van der Waals surface area contributed by atoms with Gasteiger partial charge in [-0.1, -0.05) is 0 Å². The number of benzene rings is 1. The van der Waals surface area contributed by atoms with Crippen LogP contribution in [0.4, 0.5) is 16.4 Å². The van der Waals surface area contributed by atoms with Crippen molar-refractivity contribution in [1.82, 2.24) is 14.9 Å². The number of hydrogen-bond acceptors (Lipinski definition) is 5. The van der Waals surface area contributed by atoms with Gasteiger partial charge in [-0.15, -0.1) is 0 Å². The molecule has 0 radical (unpaired) electrons. The van der Waals surface area contributed by atoms with E-state index in [1.807, 2.05) is 6.07 Å². The molecule has 1 aliphatic heterocycles. The molecular weight excluding hydrogens is 318 g/mol. The molecule has 7 nitrogen and oxygen atoms in total. The lowest BCUT2D eigenvalue weighted by atomic mass is 9.95. The Morgan fingerprint density at radius 3 is 2.68 bits per heavy atom. The number of nitrogens with zero attached hydrogens (tertiary/aromatic N) is 3. The van der Waals surface area contributed by atoms with Crippen molar-refractivity contribution in [2.45, 2.75) is 25.7 Å². The van der Waals surface area contributed by atoms with Gasteiger partial charge in [0.15, 0.2) is 5.78 Å². The number of nitrogens with one attached hydrogen (secondary N) is 1. The van der Waals surface area contributed by atoms with Crippen LogP contribution >= 0.6 is 0 Å². The third kappa shape index (κ3) is 4.12. The van der Waals surface area contributed by atoms with Gasteiger partial charge < -0.3 is 16.0 Å². The molecule has 0 unspecified atom stereocenters. The summed E-state index contributed by atoms with van der Waals surface area (Å²) >= 11 is 0. The second-order valence-corrected chi connectivity index (χ2v) is 6.19. The highest BCUT2D eigenvalue weighted by Gasteiger charge is 2.25. The zero-order chi connectivity index (χ0) is 17.8. The van der Waals surface area contributed by atoms with E-state index in [0.29, 0.717) is 24.3 Å². The maximum atomic E-state index is 12.5. The molecule has 7 heteroatoms. The van der Waals surface area contributed by atoms with E-state index >= 15 is 0 Å². The molecular formula is C18H21N5O2. The molecule has 1 atom stereocenters. The largest absolute Gasteiger partial charge is 0.368 e. The van der Waals surface area contributed by atoms with E-state index in [1.165, 1.54) is 6.92 Å². The molecule has 1 aromatic carbocycles. The molecule has 130 valence electrons. The zero-order valence-electron chi connectivity index (χ0n) is 14.1. The molecule has 0 bridgehead atoms. The molecule has 2 amide bonds. The Hall–Kier alpha value is -2.96. The lowest BCUT2D eigenvalue weighted by Crippen LogP contribution is -2.41. The van der Waals surface area contributed by atoms with Gasteiger partial charge in [0.05, 0.1) is 5.69 Å². The molecule has 3 rings (SSSR count). The minimum atomic E-state index is -0.151. The first-order chi connectivity index (χ1) is 12.0. The quantitative estimate of drug-likeness (QED) is 0.837. The third-order valence-electron chi connectivity index (χ3n) is 4.37. The van der Waals surface area contributed by atoms with Crippen molar-refractivity contribution in [3.05, 3.63) is 47.8 Å². The summed E-state index contributed by atoms with van der Waals surface area (Å²) in [6.07, 6.45) is 3.52. The summed E-state index contributed by atoms with van der Waals surface area (Å²) in [5, 5.41) is 2.88. The number of anilines is 2. The van der Waals surface area contributed by atoms with Crippen LogP contribution in [0.1, 0.15) is 41.7 Å². The Labute approximate surface area is 146 Å². The predicted octanol–water partition coefficient (Wildman–Crippen LogP) is 2.67. The first-order valence-corrected chi connectivity index (χ1v) is 8.28. The third-order valence-corrected chi connectivity index (χ3v) is 4.37. The van der Waals surface area contributed by atoms with Gasteiger partial charge in [0.1, 0.15) is 0 Å². The van der Waals surface area contributed by atoms with Crippen LogP contribution in [-0.4, -0.2) is 39.8 Å². The number of hydrogen-bond donors (Lipinski definition) is 2. The standard InChI is InChI=1S/C18H21N5O2/c1-12(24)13-4-6-15(7-5-13)21-18(25)23-10-2-3-14(11-23)16-8-9-20-17(19)22-16/h4-9,14H,2-3,10-11H2,1H3,(H,21,25)(H2,19,20,22)/t14-/m1/s1. The minimum absolute atomic E-state index is 0.000808. The first kappa shape index (κ1) is 16.9. The maximum absolute atomic E-state index is 12.5. The van der Waals surface area contributed by atoms with Gasteiger partial charge in [0.25, 0.3) is 0 Å².